The van der Waals surface area contributed by atoms with E-state index in [1.807, 2.05) is 4.90 Å². The van der Waals surface area contributed by atoms with Crippen LogP contribution in [-0.2, 0) is 4.79 Å². The maximum Gasteiger partial charge on any atom is 0.292 e. The van der Waals surface area contributed by atoms with Gasteiger partial charge in [0.2, 0.25) is 5.91 Å². The molecule has 0 bridgehead atoms. The normalized spacial score (nSPS) is 14.2. The van der Waals surface area contributed by atoms with E-state index in [9.17, 15) is 19.7 Å². The molecular formula is C17H18N4O4S. The Labute approximate surface area is 154 Å². The highest BCUT2D eigenvalue weighted by Crippen LogP contribution is 2.28. The first-order valence-electron chi connectivity index (χ1n) is 8.13. The molecule has 1 aliphatic rings. The summed E-state index contributed by atoms with van der Waals surface area (Å²) in [4.78, 5) is 38.5. The van der Waals surface area contributed by atoms with Crippen LogP contribution in [0.15, 0.2) is 41.1 Å². The number of piperazine rings is 1. The molecule has 1 aromatic carbocycles. The number of nitro benzene ring substituents is 1. The van der Waals surface area contributed by atoms with E-state index in [1.165, 1.54) is 17.4 Å². The maximum absolute atomic E-state index is 12.3. The van der Waals surface area contributed by atoms with Crippen molar-refractivity contribution in [1.29, 1.82) is 0 Å². The van der Waals surface area contributed by atoms with Crippen molar-refractivity contribution in [3.63, 3.8) is 0 Å². The molecule has 2 amide bonds. The number of carbonyl (C=O) groups excluding carboxylic acids is 2. The van der Waals surface area contributed by atoms with Gasteiger partial charge in [-0.15, -0.1) is 0 Å². The van der Waals surface area contributed by atoms with E-state index in [0.29, 0.717) is 37.4 Å². The molecule has 1 aromatic heterocycles. The number of nitrogens with one attached hydrogen (secondary N) is 1. The van der Waals surface area contributed by atoms with Crippen molar-refractivity contribution in [3.8, 4) is 0 Å². The second-order valence-corrected chi connectivity index (χ2v) is 6.59. The molecule has 1 saturated heterocycles. The summed E-state index contributed by atoms with van der Waals surface area (Å²) < 4.78 is 0. The quantitative estimate of drug-likeness (QED) is 0.635. The fourth-order valence-corrected chi connectivity index (χ4v) is 3.48. The molecule has 136 valence electrons. The van der Waals surface area contributed by atoms with Crippen LogP contribution in [0.25, 0.3) is 0 Å². The molecule has 0 saturated carbocycles. The van der Waals surface area contributed by atoms with Crippen LogP contribution >= 0.6 is 11.3 Å². The van der Waals surface area contributed by atoms with Gasteiger partial charge < -0.3 is 15.1 Å². The van der Waals surface area contributed by atoms with Crippen LogP contribution in [0.3, 0.4) is 0 Å². The van der Waals surface area contributed by atoms with Crippen LogP contribution in [0.2, 0.25) is 0 Å². The van der Waals surface area contributed by atoms with E-state index < -0.39 is 4.92 Å². The molecule has 26 heavy (non-hydrogen) atoms. The topological polar surface area (TPSA) is 95.8 Å². The van der Waals surface area contributed by atoms with Crippen molar-refractivity contribution < 1.29 is 14.5 Å². The lowest BCUT2D eigenvalue weighted by molar-refractivity contribution is -0.384. The summed E-state index contributed by atoms with van der Waals surface area (Å²) in [5.74, 6) is -0.422. The molecule has 9 heteroatoms. The van der Waals surface area contributed by atoms with E-state index in [2.05, 4.69) is 5.32 Å². The number of benzene rings is 1. The van der Waals surface area contributed by atoms with Crippen molar-refractivity contribution in [3.05, 3.63) is 56.8 Å². The summed E-state index contributed by atoms with van der Waals surface area (Å²) in [6, 6.07) is 8.30. The molecule has 0 spiro atoms. The number of nitro groups is 1. The standard InChI is InChI=1S/C17H18N4O4S/c22-16(11-18-17(23)13-5-10-26-12-13)20-8-6-19(7-9-20)14-3-1-2-4-15(14)21(24)25/h1-5,10,12H,6-9,11H2,(H,18,23). The lowest BCUT2D eigenvalue weighted by atomic mass is 10.2. The molecular weight excluding hydrogens is 356 g/mol. The van der Waals surface area contributed by atoms with Gasteiger partial charge in [0.15, 0.2) is 0 Å². The van der Waals surface area contributed by atoms with E-state index in [-0.39, 0.29) is 24.0 Å². The first-order valence-corrected chi connectivity index (χ1v) is 9.07. The predicted molar refractivity (Wildman–Crippen MR) is 98.5 cm³/mol. The number of thiophene rings is 1. The number of carbonyl (C=O) groups is 2. The average molecular weight is 374 g/mol. The van der Waals surface area contributed by atoms with Crippen LogP contribution in [0.1, 0.15) is 10.4 Å². The summed E-state index contributed by atoms with van der Waals surface area (Å²) in [5, 5.41) is 17.3. The average Bonchev–Trinajstić information content (AvgIpc) is 3.21. The lowest BCUT2D eigenvalue weighted by Crippen LogP contribution is -2.51. The summed E-state index contributed by atoms with van der Waals surface area (Å²) in [6.45, 7) is 1.88. The number of amides is 2. The number of hydrogen-bond donors (Lipinski definition) is 1. The first-order chi connectivity index (χ1) is 12.6. The number of anilines is 1. The van der Waals surface area contributed by atoms with Crippen molar-refractivity contribution in [2.75, 3.05) is 37.6 Å². The molecule has 1 N–H and O–H groups in total. The molecule has 0 atom stereocenters. The molecule has 0 unspecified atom stereocenters. The molecule has 0 radical (unpaired) electrons. The molecule has 3 rings (SSSR count). The Bertz CT molecular complexity index is 801. The molecule has 8 nitrogen and oxygen atoms in total. The zero-order valence-corrected chi connectivity index (χ0v) is 14.8. The Balaban J connectivity index is 1.53. The Morgan fingerprint density at radius 3 is 2.54 bits per heavy atom. The minimum absolute atomic E-state index is 0.0554. The second-order valence-electron chi connectivity index (χ2n) is 5.81. The first kappa shape index (κ1) is 17.9. The van der Waals surface area contributed by atoms with Crippen LogP contribution in [0.5, 0.6) is 0 Å². The summed E-state index contributed by atoms with van der Waals surface area (Å²) in [6.07, 6.45) is 0. The van der Waals surface area contributed by atoms with Gasteiger partial charge in [-0.2, -0.15) is 11.3 Å². The molecule has 1 aliphatic heterocycles. The number of rotatable bonds is 5. The SMILES string of the molecule is O=C(NCC(=O)N1CCN(c2ccccc2[N+](=O)[O-])CC1)c1ccsc1. The zero-order valence-electron chi connectivity index (χ0n) is 14.0. The Hall–Kier alpha value is -2.94. The summed E-state index contributed by atoms with van der Waals surface area (Å²) in [7, 11) is 0. The zero-order chi connectivity index (χ0) is 18.5. The number of hydrogen-bond acceptors (Lipinski definition) is 6. The van der Waals surface area contributed by atoms with E-state index in [0.717, 1.165) is 0 Å². The highest BCUT2D eigenvalue weighted by atomic mass is 32.1. The van der Waals surface area contributed by atoms with E-state index in [1.54, 1.807) is 39.9 Å². The minimum atomic E-state index is -0.396. The Morgan fingerprint density at radius 2 is 1.88 bits per heavy atom. The maximum atomic E-state index is 12.3. The highest BCUT2D eigenvalue weighted by molar-refractivity contribution is 7.08. The number of nitrogens with zero attached hydrogens (tertiary/aromatic N) is 3. The van der Waals surface area contributed by atoms with E-state index >= 15 is 0 Å². The van der Waals surface area contributed by atoms with Crippen LogP contribution in [0.4, 0.5) is 11.4 Å². The van der Waals surface area contributed by atoms with Gasteiger partial charge in [-0.05, 0) is 17.5 Å². The van der Waals surface area contributed by atoms with Crippen LogP contribution in [-0.4, -0.2) is 54.4 Å². The monoisotopic (exact) mass is 374 g/mol. The fraction of sp³-hybridized carbons (Fsp3) is 0.294. The third-order valence-corrected chi connectivity index (χ3v) is 4.92. The minimum Gasteiger partial charge on any atom is -0.362 e. The van der Waals surface area contributed by atoms with Gasteiger partial charge in [0, 0.05) is 43.2 Å². The van der Waals surface area contributed by atoms with Gasteiger partial charge >= 0.3 is 0 Å². The summed E-state index contributed by atoms with van der Waals surface area (Å²) in [5.41, 5.74) is 1.18. The van der Waals surface area contributed by atoms with Crippen LogP contribution < -0.4 is 10.2 Å². The van der Waals surface area contributed by atoms with Crippen molar-refractivity contribution >= 4 is 34.5 Å². The van der Waals surface area contributed by atoms with Gasteiger partial charge in [0.1, 0.15) is 5.69 Å². The highest BCUT2D eigenvalue weighted by Gasteiger charge is 2.25. The molecule has 2 heterocycles. The third-order valence-electron chi connectivity index (χ3n) is 4.24. The molecule has 0 aliphatic carbocycles. The largest absolute Gasteiger partial charge is 0.362 e. The van der Waals surface area contributed by atoms with Crippen molar-refractivity contribution in [1.82, 2.24) is 10.2 Å². The third kappa shape index (κ3) is 3.99. The summed E-state index contributed by atoms with van der Waals surface area (Å²) >= 11 is 1.42. The fourth-order valence-electron chi connectivity index (χ4n) is 2.85. The van der Waals surface area contributed by atoms with Gasteiger partial charge in [0.25, 0.3) is 11.6 Å². The molecule has 2 aromatic rings. The Kier molecular flexibility index (Phi) is 5.47. The predicted octanol–water partition coefficient (Wildman–Crippen LogP) is 1.73. The second kappa shape index (κ2) is 7.96. The molecule has 1 fully saturated rings. The number of para-hydroxylation sites is 2. The van der Waals surface area contributed by atoms with Gasteiger partial charge in [-0.25, -0.2) is 0 Å². The van der Waals surface area contributed by atoms with Gasteiger partial charge in [-0.3, -0.25) is 19.7 Å². The van der Waals surface area contributed by atoms with Crippen molar-refractivity contribution in [2.24, 2.45) is 0 Å². The Morgan fingerprint density at radius 1 is 1.15 bits per heavy atom. The smallest absolute Gasteiger partial charge is 0.292 e. The van der Waals surface area contributed by atoms with Gasteiger partial charge in [0.05, 0.1) is 11.5 Å². The van der Waals surface area contributed by atoms with Gasteiger partial charge in [-0.1, -0.05) is 12.1 Å². The van der Waals surface area contributed by atoms with E-state index in [4.69, 9.17) is 0 Å². The van der Waals surface area contributed by atoms with Crippen LogP contribution in [0, 0.1) is 10.1 Å². The lowest BCUT2D eigenvalue weighted by Gasteiger charge is -2.35. The van der Waals surface area contributed by atoms with Crippen molar-refractivity contribution in [2.45, 2.75) is 0 Å².